The van der Waals surface area contributed by atoms with E-state index in [4.69, 9.17) is 5.73 Å². The maximum Gasteiger partial charge on any atom is 0.125 e. The normalized spacial score (nSPS) is 10.1. The Morgan fingerprint density at radius 3 is 2.56 bits per heavy atom. The zero-order valence-corrected chi connectivity index (χ0v) is 9.00. The first-order valence-electron chi connectivity index (χ1n) is 5.03. The molecule has 0 saturated carbocycles. The molecule has 3 heteroatoms. The number of nitrogens with one attached hydrogen (secondary N) is 1. The van der Waals surface area contributed by atoms with Gasteiger partial charge in [0.05, 0.1) is 0 Å². The number of hydrogen-bond donors (Lipinski definition) is 2. The smallest absolute Gasteiger partial charge is 0.125 e. The van der Waals surface area contributed by atoms with Gasteiger partial charge >= 0.3 is 0 Å². The van der Waals surface area contributed by atoms with E-state index >= 15 is 0 Å². The fourth-order valence-electron chi connectivity index (χ4n) is 1.59. The second kappa shape index (κ2) is 4.23. The number of nitrogen functional groups attached to an aromatic ring is 1. The summed E-state index contributed by atoms with van der Waals surface area (Å²) in [4.78, 5) is 0. The van der Waals surface area contributed by atoms with E-state index in [1.54, 1.807) is 6.07 Å². The van der Waals surface area contributed by atoms with Crippen LogP contribution in [0.2, 0.25) is 0 Å². The van der Waals surface area contributed by atoms with E-state index in [1.807, 2.05) is 31.2 Å². The van der Waals surface area contributed by atoms with Crippen molar-refractivity contribution in [3.63, 3.8) is 0 Å². The van der Waals surface area contributed by atoms with Gasteiger partial charge < -0.3 is 11.1 Å². The predicted molar refractivity (Wildman–Crippen MR) is 65.3 cm³/mol. The van der Waals surface area contributed by atoms with Crippen LogP contribution in [0.4, 0.5) is 21.5 Å². The minimum absolute atomic E-state index is 0.244. The standard InChI is InChI=1S/C13H13FN2/c1-9-5-10(14)7-13(6-9)16-12-4-2-3-11(15)8-12/h2-8,16H,15H2,1H3. The van der Waals surface area contributed by atoms with Gasteiger partial charge in [-0.3, -0.25) is 0 Å². The van der Waals surface area contributed by atoms with E-state index in [-0.39, 0.29) is 5.82 Å². The summed E-state index contributed by atoms with van der Waals surface area (Å²) in [5.74, 6) is -0.244. The van der Waals surface area contributed by atoms with Crippen molar-refractivity contribution in [2.75, 3.05) is 11.1 Å². The molecule has 2 aromatic carbocycles. The second-order valence-corrected chi connectivity index (χ2v) is 3.77. The number of benzene rings is 2. The third-order valence-corrected chi connectivity index (χ3v) is 2.22. The lowest BCUT2D eigenvalue weighted by molar-refractivity contribution is 0.627. The maximum atomic E-state index is 13.1. The molecule has 0 fully saturated rings. The van der Waals surface area contributed by atoms with Crippen LogP contribution in [0.1, 0.15) is 5.56 Å². The van der Waals surface area contributed by atoms with Crippen molar-refractivity contribution in [2.24, 2.45) is 0 Å². The van der Waals surface area contributed by atoms with Crippen molar-refractivity contribution < 1.29 is 4.39 Å². The molecule has 2 nitrogen and oxygen atoms in total. The molecule has 0 aliphatic rings. The highest BCUT2D eigenvalue weighted by atomic mass is 19.1. The number of aryl methyl sites for hydroxylation is 1. The van der Waals surface area contributed by atoms with Crippen LogP contribution in [0.5, 0.6) is 0 Å². The quantitative estimate of drug-likeness (QED) is 0.754. The van der Waals surface area contributed by atoms with Gasteiger partial charge in [-0.25, -0.2) is 4.39 Å². The first-order valence-corrected chi connectivity index (χ1v) is 5.03. The fourth-order valence-corrected chi connectivity index (χ4v) is 1.59. The van der Waals surface area contributed by atoms with Gasteiger partial charge in [0, 0.05) is 17.1 Å². The van der Waals surface area contributed by atoms with Crippen molar-refractivity contribution in [1.82, 2.24) is 0 Å². The summed E-state index contributed by atoms with van der Waals surface area (Å²) in [6.07, 6.45) is 0. The average Bonchev–Trinajstić information content (AvgIpc) is 2.15. The number of anilines is 3. The SMILES string of the molecule is Cc1cc(F)cc(Nc2cccc(N)c2)c1. The van der Waals surface area contributed by atoms with Gasteiger partial charge in [0.2, 0.25) is 0 Å². The molecule has 16 heavy (non-hydrogen) atoms. The highest BCUT2D eigenvalue weighted by Gasteiger charge is 1.99. The summed E-state index contributed by atoms with van der Waals surface area (Å²) >= 11 is 0. The van der Waals surface area contributed by atoms with Crippen LogP contribution < -0.4 is 11.1 Å². The van der Waals surface area contributed by atoms with Crippen molar-refractivity contribution in [3.8, 4) is 0 Å². The lowest BCUT2D eigenvalue weighted by atomic mass is 10.2. The molecular weight excluding hydrogens is 203 g/mol. The van der Waals surface area contributed by atoms with Crippen LogP contribution >= 0.6 is 0 Å². The van der Waals surface area contributed by atoms with E-state index in [0.717, 1.165) is 16.9 Å². The Hall–Kier alpha value is -2.03. The van der Waals surface area contributed by atoms with Crippen LogP contribution in [0.25, 0.3) is 0 Å². The van der Waals surface area contributed by atoms with Gasteiger partial charge in [-0.15, -0.1) is 0 Å². The second-order valence-electron chi connectivity index (χ2n) is 3.77. The molecular formula is C13H13FN2. The summed E-state index contributed by atoms with van der Waals surface area (Å²) in [5.41, 5.74) is 8.79. The van der Waals surface area contributed by atoms with Crippen LogP contribution in [0.15, 0.2) is 42.5 Å². The third kappa shape index (κ3) is 2.51. The molecule has 0 unspecified atom stereocenters. The molecule has 0 amide bonds. The number of halogens is 1. The Bertz CT molecular complexity index is 489. The van der Waals surface area contributed by atoms with E-state index in [0.29, 0.717) is 5.69 Å². The Morgan fingerprint density at radius 1 is 1.06 bits per heavy atom. The number of nitrogens with two attached hydrogens (primary N) is 1. The minimum atomic E-state index is -0.244. The van der Waals surface area contributed by atoms with Gasteiger partial charge in [-0.05, 0) is 48.9 Å². The monoisotopic (exact) mass is 216 g/mol. The zero-order valence-electron chi connectivity index (χ0n) is 9.00. The highest BCUT2D eigenvalue weighted by Crippen LogP contribution is 2.20. The largest absolute Gasteiger partial charge is 0.399 e. The summed E-state index contributed by atoms with van der Waals surface area (Å²) in [6, 6.07) is 12.2. The van der Waals surface area contributed by atoms with E-state index in [2.05, 4.69) is 5.32 Å². The van der Waals surface area contributed by atoms with E-state index in [9.17, 15) is 4.39 Å². The Balaban J connectivity index is 2.27. The molecule has 0 aliphatic carbocycles. The zero-order chi connectivity index (χ0) is 11.5. The molecule has 0 bridgehead atoms. The first kappa shape index (κ1) is 10.5. The minimum Gasteiger partial charge on any atom is -0.399 e. The number of rotatable bonds is 2. The summed E-state index contributed by atoms with van der Waals surface area (Å²) in [5, 5.41) is 3.11. The van der Waals surface area contributed by atoms with Gasteiger partial charge in [-0.2, -0.15) is 0 Å². The summed E-state index contributed by atoms with van der Waals surface area (Å²) < 4.78 is 13.1. The molecule has 2 aromatic rings. The Labute approximate surface area is 93.9 Å². The third-order valence-electron chi connectivity index (χ3n) is 2.22. The van der Waals surface area contributed by atoms with Gasteiger partial charge in [0.1, 0.15) is 5.82 Å². The van der Waals surface area contributed by atoms with Crippen LogP contribution in [-0.2, 0) is 0 Å². The average molecular weight is 216 g/mol. The van der Waals surface area contributed by atoms with Crippen LogP contribution in [-0.4, -0.2) is 0 Å². The maximum absolute atomic E-state index is 13.1. The molecule has 0 aliphatic heterocycles. The summed E-state index contributed by atoms with van der Waals surface area (Å²) in [7, 11) is 0. The summed E-state index contributed by atoms with van der Waals surface area (Å²) in [6.45, 7) is 1.85. The van der Waals surface area contributed by atoms with Gasteiger partial charge in [-0.1, -0.05) is 6.07 Å². The Kier molecular flexibility index (Phi) is 2.77. The van der Waals surface area contributed by atoms with Crippen molar-refractivity contribution >= 4 is 17.1 Å². The van der Waals surface area contributed by atoms with Crippen molar-refractivity contribution in [2.45, 2.75) is 6.92 Å². The predicted octanol–water partition coefficient (Wildman–Crippen LogP) is 3.46. The molecule has 0 spiro atoms. The lowest BCUT2D eigenvalue weighted by Gasteiger charge is -2.08. The molecule has 0 radical (unpaired) electrons. The van der Waals surface area contributed by atoms with Gasteiger partial charge in [0.25, 0.3) is 0 Å². The molecule has 0 saturated heterocycles. The highest BCUT2D eigenvalue weighted by molar-refractivity contribution is 5.63. The Morgan fingerprint density at radius 2 is 1.88 bits per heavy atom. The molecule has 2 rings (SSSR count). The van der Waals surface area contributed by atoms with Crippen LogP contribution in [0, 0.1) is 12.7 Å². The number of hydrogen-bond acceptors (Lipinski definition) is 2. The molecule has 82 valence electrons. The molecule has 0 aromatic heterocycles. The van der Waals surface area contributed by atoms with Crippen molar-refractivity contribution in [1.29, 1.82) is 0 Å². The lowest BCUT2D eigenvalue weighted by Crippen LogP contribution is -1.93. The molecule has 0 atom stereocenters. The van der Waals surface area contributed by atoms with Crippen molar-refractivity contribution in [3.05, 3.63) is 53.8 Å². The topological polar surface area (TPSA) is 38.0 Å². The van der Waals surface area contributed by atoms with Crippen LogP contribution in [0.3, 0.4) is 0 Å². The fraction of sp³-hybridized carbons (Fsp3) is 0.0769. The first-order chi connectivity index (χ1) is 7.63. The molecule has 0 heterocycles. The van der Waals surface area contributed by atoms with E-state index in [1.165, 1.54) is 12.1 Å². The van der Waals surface area contributed by atoms with E-state index < -0.39 is 0 Å². The molecule has 3 N–H and O–H groups in total. The van der Waals surface area contributed by atoms with Gasteiger partial charge in [0.15, 0.2) is 0 Å².